The van der Waals surface area contributed by atoms with Gasteiger partial charge in [-0.05, 0) is 50.5 Å². The van der Waals surface area contributed by atoms with E-state index in [1.807, 2.05) is 6.92 Å². The van der Waals surface area contributed by atoms with E-state index in [0.717, 1.165) is 5.56 Å². The highest BCUT2D eigenvalue weighted by atomic mass is 32.2. The molecule has 0 atom stereocenters. The van der Waals surface area contributed by atoms with Crippen LogP contribution in [0.4, 0.5) is 10.8 Å². The standard InChI is InChI=1S/C12H16N4O2S2/c1-6-5-10(13)8(3)11(7(6)2)20(17,18)16-12-15-14-9(4)19-12/h5H,13H2,1-4H3,(H,15,16). The maximum Gasteiger partial charge on any atom is 0.264 e. The van der Waals surface area contributed by atoms with Gasteiger partial charge in [0, 0.05) is 5.69 Å². The molecule has 0 fully saturated rings. The molecular formula is C12H16N4O2S2. The molecule has 3 N–H and O–H groups in total. The minimum atomic E-state index is -3.73. The summed E-state index contributed by atoms with van der Waals surface area (Å²) < 4.78 is 27.5. The van der Waals surface area contributed by atoms with Gasteiger partial charge in [0.25, 0.3) is 10.0 Å². The largest absolute Gasteiger partial charge is 0.398 e. The molecule has 0 amide bonds. The lowest BCUT2D eigenvalue weighted by molar-refractivity contribution is 0.600. The molecule has 0 aliphatic heterocycles. The summed E-state index contributed by atoms with van der Waals surface area (Å²) >= 11 is 1.19. The minimum absolute atomic E-state index is 0.211. The Balaban J connectivity index is 2.55. The van der Waals surface area contributed by atoms with Crippen molar-refractivity contribution >= 4 is 32.2 Å². The van der Waals surface area contributed by atoms with Crippen molar-refractivity contribution < 1.29 is 8.42 Å². The van der Waals surface area contributed by atoms with E-state index in [1.165, 1.54) is 11.3 Å². The molecule has 20 heavy (non-hydrogen) atoms. The van der Waals surface area contributed by atoms with Crippen LogP contribution < -0.4 is 10.5 Å². The molecule has 1 aromatic heterocycles. The summed E-state index contributed by atoms with van der Waals surface area (Å²) in [5, 5.41) is 8.51. The minimum Gasteiger partial charge on any atom is -0.398 e. The van der Waals surface area contributed by atoms with Crippen LogP contribution >= 0.6 is 11.3 Å². The van der Waals surface area contributed by atoms with Gasteiger partial charge in [0.05, 0.1) is 4.90 Å². The number of benzene rings is 1. The van der Waals surface area contributed by atoms with Gasteiger partial charge >= 0.3 is 0 Å². The Morgan fingerprint density at radius 1 is 1.15 bits per heavy atom. The SMILES string of the molecule is Cc1nnc(NS(=O)(=O)c2c(C)c(C)cc(N)c2C)s1. The number of aryl methyl sites for hydroxylation is 2. The van der Waals surface area contributed by atoms with Crippen LogP contribution in [0.3, 0.4) is 0 Å². The smallest absolute Gasteiger partial charge is 0.264 e. The van der Waals surface area contributed by atoms with Gasteiger partial charge in [0.15, 0.2) is 0 Å². The molecule has 108 valence electrons. The van der Waals surface area contributed by atoms with Gasteiger partial charge < -0.3 is 5.73 Å². The summed E-state index contributed by atoms with van der Waals surface area (Å²) in [6, 6.07) is 1.78. The van der Waals surface area contributed by atoms with Gasteiger partial charge in [-0.1, -0.05) is 11.3 Å². The maximum absolute atomic E-state index is 12.5. The molecule has 2 aromatic rings. The van der Waals surface area contributed by atoms with Crippen LogP contribution in [-0.2, 0) is 10.0 Å². The zero-order valence-corrected chi connectivity index (χ0v) is 13.3. The van der Waals surface area contributed by atoms with Gasteiger partial charge in [-0.25, -0.2) is 8.42 Å². The lowest BCUT2D eigenvalue weighted by atomic mass is 10.1. The van der Waals surface area contributed by atoms with Crippen molar-refractivity contribution in [2.24, 2.45) is 0 Å². The number of hydrogen-bond donors (Lipinski definition) is 2. The van der Waals surface area contributed by atoms with Crippen molar-refractivity contribution in [3.63, 3.8) is 0 Å². The third-order valence-corrected chi connectivity index (χ3v) is 5.59. The predicted octanol–water partition coefficient (Wildman–Crippen LogP) is 2.15. The van der Waals surface area contributed by atoms with Gasteiger partial charge in [-0.2, -0.15) is 0 Å². The lowest BCUT2D eigenvalue weighted by Gasteiger charge is -2.15. The number of rotatable bonds is 3. The van der Waals surface area contributed by atoms with Crippen LogP contribution in [0.5, 0.6) is 0 Å². The number of aromatic nitrogens is 2. The Labute approximate surface area is 122 Å². The predicted molar refractivity (Wildman–Crippen MR) is 80.5 cm³/mol. The number of hydrogen-bond acceptors (Lipinski definition) is 6. The summed E-state index contributed by atoms with van der Waals surface area (Å²) in [7, 11) is -3.73. The van der Waals surface area contributed by atoms with E-state index in [0.29, 0.717) is 21.8 Å². The summed E-state index contributed by atoms with van der Waals surface area (Å²) in [5.74, 6) is 0. The van der Waals surface area contributed by atoms with Crippen molar-refractivity contribution in [1.29, 1.82) is 0 Å². The molecule has 0 saturated heterocycles. The molecule has 0 aliphatic rings. The van der Waals surface area contributed by atoms with Crippen molar-refractivity contribution in [2.75, 3.05) is 10.5 Å². The van der Waals surface area contributed by atoms with Crippen LogP contribution in [0.2, 0.25) is 0 Å². The summed E-state index contributed by atoms with van der Waals surface area (Å²) in [6.07, 6.45) is 0. The first-order valence-corrected chi connectivity index (χ1v) is 8.21. The highest BCUT2D eigenvalue weighted by molar-refractivity contribution is 7.93. The van der Waals surface area contributed by atoms with Gasteiger partial charge in [-0.15, -0.1) is 10.2 Å². The fourth-order valence-corrected chi connectivity index (χ4v) is 4.34. The van der Waals surface area contributed by atoms with Crippen LogP contribution in [0.15, 0.2) is 11.0 Å². The fourth-order valence-electron chi connectivity index (χ4n) is 1.95. The average Bonchev–Trinajstić information content (AvgIpc) is 2.71. The second-order valence-electron chi connectivity index (χ2n) is 4.59. The number of nitrogens with one attached hydrogen (secondary N) is 1. The van der Waals surface area contributed by atoms with Crippen LogP contribution in [0, 0.1) is 27.7 Å². The molecule has 1 aromatic carbocycles. The zero-order valence-electron chi connectivity index (χ0n) is 11.7. The van der Waals surface area contributed by atoms with E-state index in [2.05, 4.69) is 14.9 Å². The zero-order chi connectivity index (χ0) is 15.1. The van der Waals surface area contributed by atoms with E-state index in [9.17, 15) is 8.42 Å². The normalized spacial score (nSPS) is 11.6. The monoisotopic (exact) mass is 312 g/mol. The molecule has 2 rings (SSSR count). The second-order valence-corrected chi connectivity index (χ2v) is 7.39. The average molecular weight is 312 g/mol. The molecule has 0 radical (unpaired) electrons. The fraction of sp³-hybridized carbons (Fsp3) is 0.333. The Bertz CT molecular complexity index is 740. The van der Waals surface area contributed by atoms with E-state index in [-0.39, 0.29) is 10.0 Å². The Hall–Kier alpha value is -1.67. The van der Waals surface area contributed by atoms with Crippen molar-refractivity contribution in [3.8, 4) is 0 Å². The number of nitrogens with two attached hydrogens (primary N) is 1. The Kier molecular flexibility index (Phi) is 3.70. The van der Waals surface area contributed by atoms with Crippen molar-refractivity contribution in [3.05, 3.63) is 27.8 Å². The molecular weight excluding hydrogens is 296 g/mol. The summed E-state index contributed by atoms with van der Waals surface area (Å²) in [6.45, 7) is 7.05. The number of nitrogen functional groups attached to an aromatic ring is 1. The molecule has 8 heteroatoms. The Morgan fingerprint density at radius 2 is 1.80 bits per heavy atom. The van der Waals surface area contributed by atoms with Gasteiger partial charge in [0.1, 0.15) is 5.01 Å². The first-order chi connectivity index (χ1) is 9.22. The summed E-state index contributed by atoms with van der Waals surface area (Å²) in [5.41, 5.74) is 8.39. The highest BCUT2D eigenvalue weighted by Crippen LogP contribution is 2.29. The number of anilines is 2. The maximum atomic E-state index is 12.5. The number of nitrogens with zero attached hydrogens (tertiary/aromatic N) is 2. The van der Waals surface area contributed by atoms with Crippen LogP contribution in [0.25, 0.3) is 0 Å². The molecule has 0 aliphatic carbocycles. The molecule has 0 saturated carbocycles. The third-order valence-electron chi connectivity index (χ3n) is 3.09. The molecule has 6 nitrogen and oxygen atoms in total. The second kappa shape index (κ2) is 5.02. The van der Waals surface area contributed by atoms with E-state index < -0.39 is 10.0 Å². The molecule has 0 unspecified atom stereocenters. The number of sulfonamides is 1. The summed E-state index contributed by atoms with van der Waals surface area (Å²) in [4.78, 5) is 0.211. The van der Waals surface area contributed by atoms with Crippen molar-refractivity contribution in [1.82, 2.24) is 10.2 Å². The van der Waals surface area contributed by atoms with Crippen molar-refractivity contribution in [2.45, 2.75) is 32.6 Å². The molecule has 0 spiro atoms. The highest BCUT2D eigenvalue weighted by Gasteiger charge is 2.23. The molecule has 0 bridgehead atoms. The first-order valence-electron chi connectivity index (χ1n) is 5.91. The van der Waals surface area contributed by atoms with E-state index >= 15 is 0 Å². The van der Waals surface area contributed by atoms with E-state index in [4.69, 9.17) is 5.73 Å². The molecule has 1 heterocycles. The van der Waals surface area contributed by atoms with Gasteiger partial charge in [0.2, 0.25) is 5.13 Å². The lowest BCUT2D eigenvalue weighted by Crippen LogP contribution is -2.17. The van der Waals surface area contributed by atoms with E-state index in [1.54, 1.807) is 26.8 Å². The third kappa shape index (κ3) is 2.61. The topological polar surface area (TPSA) is 98.0 Å². The van der Waals surface area contributed by atoms with Crippen LogP contribution in [-0.4, -0.2) is 18.6 Å². The quantitative estimate of drug-likeness (QED) is 0.846. The first kappa shape index (κ1) is 14.7. The Morgan fingerprint density at radius 3 is 2.35 bits per heavy atom. The van der Waals surface area contributed by atoms with Crippen LogP contribution in [0.1, 0.15) is 21.7 Å². The van der Waals surface area contributed by atoms with Gasteiger partial charge in [-0.3, -0.25) is 4.72 Å².